The van der Waals surface area contributed by atoms with E-state index in [0.29, 0.717) is 5.69 Å². The second-order valence-corrected chi connectivity index (χ2v) is 9.18. The van der Waals surface area contributed by atoms with Crippen LogP contribution in [-0.4, -0.2) is 42.6 Å². The van der Waals surface area contributed by atoms with Crippen LogP contribution in [0.1, 0.15) is 25.3 Å². The minimum atomic E-state index is -3.71. The average molecular weight is 439 g/mol. The van der Waals surface area contributed by atoms with E-state index in [1.807, 2.05) is 19.1 Å². The van der Waals surface area contributed by atoms with Gasteiger partial charge >= 0.3 is 6.09 Å². The van der Waals surface area contributed by atoms with E-state index in [2.05, 4.69) is 10.3 Å². The Bertz CT molecular complexity index is 957. The molecule has 0 saturated carbocycles. The molecule has 1 amide bonds. The lowest BCUT2D eigenvalue weighted by Gasteiger charge is -2.37. The van der Waals surface area contributed by atoms with Gasteiger partial charge in [0.1, 0.15) is 10.0 Å². The first-order valence-electron chi connectivity index (χ1n) is 9.21. The number of sulfonamides is 1. The van der Waals surface area contributed by atoms with Gasteiger partial charge in [-0.1, -0.05) is 30.7 Å². The van der Waals surface area contributed by atoms with Crippen molar-refractivity contribution in [2.24, 2.45) is 5.73 Å². The number of ether oxygens (including phenoxy) is 1. The van der Waals surface area contributed by atoms with Crippen molar-refractivity contribution in [1.29, 1.82) is 0 Å². The number of carbonyl (C=O) groups is 1. The third-order valence-corrected chi connectivity index (χ3v) is 6.92. The Labute approximate surface area is 175 Å². The highest BCUT2D eigenvalue weighted by Gasteiger charge is 2.38. The Hall–Kier alpha value is -2.20. The number of pyridine rings is 1. The number of piperidine rings is 1. The van der Waals surface area contributed by atoms with Crippen molar-refractivity contribution < 1.29 is 17.9 Å². The highest BCUT2D eigenvalue weighted by Crippen LogP contribution is 2.26. The third-order valence-electron chi connectivity index (χ3n) is 4.81. The van der Waals surface area contributed by atoms with Crippen molar-refractivity contribution in [3.8, 4) is 0 Å². The molecule has 1 aliphatic rings. The summed E-state index contributed by atoms with van der Waals surface area (Å²) < 4.78 is 32.1. The first-order chi connectivity index (χ1) is 13.7. The number of nitrogens with one attached hydrogen (secondary N) is 1. The molecule has 1 fully saturated rings. The number of rotatable bonds is 5. The molecule has 1 aliphatic heterocycles. The summed E-state index contributed by atoms with van der Waals surface area (Å²) in [6.45, 7) is 2.30. The quantitative estimate of drug-likeness (QED) is 0.547. The maximum absolute atomic E-state index is 12.7. The van der Waals surface area contributed by atoms with Crippen LogP contribution in [0.3, 0.4) is 0 Å². The fraction of sp³-hybridized carbons (Fsp3) is 0.368. The van der Waals surface area contributed by atoms with Gasteiger partial charge in [0.2, 0.25) is 10.0 Å². The molecule has 0 bridgehead atoms. The van der Waals surface area contributed by atoms with E-state index in [-0.39, 0.29) is 36.0 Å². The van der Waals surface area contributed by atoms with Crippen LogP contribution in [0.4, 0.5) is 10.5 Å². The van der Waals surface area contributed by atoms with Crippen molar-refractivity contribution in [3.05, 3.63) is 53.3 Å². The predicted molar refractivity (Wildman–Crippen MR) is 110 cm³/mol. The van der Waals surface area contributed by atoms with E-state index in [0.717, 1.165) is 12.0 Å². The van der Waals surface area contributed by atoms with Gasteiger partial charge < -0.3 is 4.74 Å². The molecule has 1 aromatic carbocycles. The molecule has 156 valence electrons. The number of hydrogen-bond acceptors (Lipinski definition) is 6. The van der Waals surface area contributed by atoms with Gasteiger partial charge in [-0.2, -0.15) is 4.31 Å². The van der Waals surface area contributed by atoms with Crippen LogP contribution in [-0.2, 0) is 21.2 Å². The number of aryl methyl sites for hydroxylation is 1. The van der Waals surface area contributed by atoms with E-state index in [9.17, 15) is 13.2 Å². The average Bonchev–Trinajstić information content (AvgIpc) is 2.69. The lowest BCUT2D eigenvalue weighted by Crippen LogP contribution is -2.54. The number of aromatic nitrogens is 1. The molecule has 2 aromatic rings. The summed E-state index contributed by atoms with van der Waals surface area (Å²) >= 11 is 5.72. The molecule has 10 heteroatoms. The molecule has 0 aliphatic carbocycles. The number of halogens is 1. The summed E-state index contributed by atoms with van der Waals surface area (Å²) in [5.41, 5.74) is 6.71. The summed E-state index contributed by atoms with van der Waals surface area (Å²) in [6, 6.07) is 10.2. The zero-order valence-electron chi connectivity index (χ0n) is 16.0. The van der Waals surface area contributed by atoms with Crippen LogP contribution in [0.25, 0.3) is 0 Å². The van der Waals surface area contributed by atoms with Crippen molar-refractivity contribution in [3.63, 3.8) is 0 Å². The molecule has 0 spiro atoms. The Balaban J connectivity index is 1.58. The summed E-state index contributed by atoms with van der Waals surface area (Å²) in [5, 5.41) is 2.86. The molecule has 3 N–H and O–H groups in total. The molecule has 0 atom stereocenters. The maximum Gasteiger partial charge on any atom is 0.413 e. The number of carbonyl (C=O) groups excluding carboxylic acids is 1. The molecule has 1 saturated heterocycles. The Morgan fingerprint density at radius 2 is 1.90 bits per heavy atom. The molecule has 29 heavy (non-hydrogen) atoms. The monoisotopic (exact) mass is 438 g/mol. The number of hydrogen-bond donors (Lipinski definition) is 2. The van der Waals surface area contributed by atoms with Gasteiger partial charge in [-0.05, 0) is 36.2 Å². The number of nitrogens with two attached hydrogens (primary N) is 1. The van der Waals surface area contributed by atoms with E-state index in [1.165, 1.54) is 22.6 Å². The normalized spacial score (nSPS) is 16.9. The molecular formula is C19H23ClN4O4S. The Morgan fingerprint density at radius 3 is 2.45 bits per heavy atom. The molecule has 0 unspecified atom stereocenters. The van der Waals surface area contributed by atoms with Gasteiger partial charge in [0.25, 0.3) is 0 Å². The zero-order valence-corrected chi connectivity index (χ0v) is 17.5. The first-order valence-corrected chi connectivity index (χ1v) is 11.0. The van der Waals surface area contributed by atoms with Crippen LogP contribution in [0.5, 0.6) is 0 Å². The zero-order chi connectivity index (χ0) is 21.1. The SMILES string of the molecule is CCc1ccc(NC(=O)OC2(N)CCN(S(=O)(=O)c3ccc(Cl)nc3)CC2)cc1. The van der Waals surface area contributed by atoms with Gasteiger partial charge in [0.15, 0.2) is 5.72 Å². The van der Waals surface area contributed by atoms with Gasteiger partial charge in [0.05, 0.1) is 0 Å². The Kier molecular flexibility index (Phi) is 6.42. The van der Waals surface area contributed by atoms with Gasteiger partial charge in [-0.15, -0.1) is 0 Å². The maximum atomic E-state index is 12.7. The van der Waals surface area contributed by atoms with Crippen LogP contribution < -0.4 is 11.1 Å². The fourth-order valence-electron chi connectivity index (χ4n) is 3.02. The van der Waals surface area contributed by atoms with Gasteiger partial charge in [0, 0.05) is 37.8 Å². The minimum Gasteiger partial charge on any atom is -0.428 e. The lowest BCUT2D eigenvalue weighted by molar-refractivity contribution is -0.0116. The molecule has 2 heterocycles. The van der Waals surface area contributed by atoms with E-state index in [1.54, 1.807) is 12.1 Å². The molecule has 8 nitrogen and oxygen atoms in total. The van der Waals surface area contributed by atoms with Crippen molar-refractivity contribution in [2.45, 2.75) is 36.8 Å². The van der Waals surface area contributed by atoms with Crippen molar-refractivity contribution in [1.82, 2.24) is 9.29 Å². The summed E-state index contributed by atoms with van der Waals surface area (Å²) in [6.07, 6.45) is 1.80. The van der Waals surface area contributed by atoms with Crippen LogP contribution in [0, 0.1) is 0 Å². The van der Waals surface area contributed by atoms with E-state index in [4.69, 9.17) is 22.1 Å². The van der Waals surface area contributed by atoms with Crippen LogP contribution in [0.15, 0.2) is 47.5 Å². The van der Waals surface area contributed by atoms with Crippen LogP contribution >= 0.6 is 11.6 Å². The molecule has 1 aromatic heterocycles. The topological polar surface area (TPSA) is 115 Å². The molecule has 0 radical (unpaired) electrons. The first kappa shape index (κ1) is 21.5. The van der Waals surface area contributed by atoms with E-state index < -0.39 is 21.8 Å². The second kappa shape index (κ2) is 8.66. The molecule has 3 rings (SSSR count). The Morgan fingerprint density at radius 1 is 1.24 bits per heavy atom. The van der Waals surface area contributed by atoms with Crippen molar-refractivity contribution in [2.75, 3.05) is 18.4 Å². The molecular weight excluding hydrogens is 416 g/mol. The highest BCUT2D eigenvalue weighted by atomic mass is 35.5. The minimum absolute atomic E-state index is 0.0561. The number of amides is 1. The largest absolute Gasteiger partial charge is 0.428 e. The third kappa shape index (κ3) is 5.24. The summed E-state index contributed by atoms with van der Waals surface area (Å²) in [5.74, 6) is 0. The predicted octanol–water partition coefficient (Wildman–Crippen LogP) is 2.99. The second-order valence-electron chi connectivity index (χ2n) is 6.85. The van der Waals surface area contributed by atoms with E-state index >= 15 is 0 Å². The smallest absolute Gasteiger partial charge is 0.413 e. The summed E-state index contributed by atoms with van der Waals surface area (Å²) in [7, 11) is -3.71. The van der Waals surface area contributed by atoms with Gasteiger partial charge in [-0.25, -0.2) is 18.2 Å². The lowest BCUT2D eigenvalue weighted by atomic mass is 10.0. The number of benzene rings is 1. The standard InChI is InChI=1S/C19H23ClN4O4S/c1-2-14-3-5-15(6-4-14)23-18(25)28-19(21)9-11-24(12-10-19)29(26,27)16-7-8-17(20)22-13-16/h3-8,13H,2,9-12,21H2,1H3,(H,23,25). The number of nitrogens with zero attached hydrogens (tertiary/aromatic N) is 2. The van der Waals surface area contributed by atoms with Gasteiger partial charge in [-0.3, -0.25) is 11.1 Å². The van der Waals surface area contributed by atoms with Crippen molar-refractivity contribution >= 4 is 33.4 Å². The highest BCUT2D eigenvalue weighted by molar-refractivity contribution is 7.89. The summed E-state index contributed by atoms with van der Waals surface area (Å²) in [4.78, 5) is 16.1. The number of anilines is 1. The van der Waals surface area contributed by atoms with Crippen LogP contribution in [0.2, 0.25) is 5.15 Å². The fourth-order valence-corrected chi connectivity index (χ4v) is 4.52.